The van der Waals surface area contributed by atoms with Gasteiger partial charge in [0, 0.05) is 4.88 Å². The van der Waals surface area contributed by atoms with Gasteiger partial charge in [0.15, 0.2) is 0 Å². The van der Waals surface area contributed by atoms with E-state index in [0.717, 1.165) is 22.0 Å². The van der Waals surface area contributed by atoms with Crippen molar-refractivity contribution in [1.29, 1.82) is 0 Å². The molecule has 1 aliphatic rings. The highest BCUT2D eigenvalue weighted by molar-refractivity contribution is 7.11. The third-order valence-electron chi connectivity index (χ3n) is 3.85. The largest absolute Gasteiger partial charge is 0.340 e. The molecule has 21 heavy (non-hydrogen) atoms. The lowest BCUT2D eigenvalue weighted by Crippen LogP contribution is -2.67. The molecule has 0 spiro atoms. The summed E-state index contributed by atoms with van der Waals surface area (Å²) in [5.41, 5.74) is 0.151. The van der Waals surface area contributed by atoms with E-state index >= 15 is 0 Å². The van der Waals surface area contributed by atoms with E-state index in [1.807, 2.05) is 20.8 Å². The molecule has 1 fully saturated rings. The van der Waals surface area contributed by atoms with Crippen molar-refractivity contribution < 1.29 is 9.59 Å². The van der Waals surface area contributed by atoms with Crippen LogP contribution in [0, 0.1) is 13.8 Å². The van der Waals surface area contributed by atoms with Gasteiger partial charge in [0.25, 0.3) is 0 Å². The Bertz CT molecular complexity index is 546. The Morgan fingerprint density at radius 1 is 1.33 bits per heavy atom. The Morgan fingerprint density at radius 3 is 2.52 bits per heavy atom. The molecule has 116 valence electrons. The monoisotopic (exact) mass is 309 g/mol. The lowest BCUT2D eigenvalue weighted by Gasteiger charge is -2.42. The van der Waals surface area contributed by atoms with Gasteiger partial charge in [-0.2, -0.15) is 0 Å². The van der Waals surface area contributed by atoms with Gasteiger partial charge in [0.1, 0.15) is 16.6 Å². The summed E-state index contributed by atoms with van der Waals surface area (Å²) in [4.78, 5) is 32.3. The number of nitrogens with zero attached hydrogens (tertiary/aromatic N) is 2. The van der Waals surface area contributed by atoms with Crippen molar-refractivity contribution in [3.63, 3.8) is 0 Å². The first-order valence-corrected chi connectivity index (χ1v) is 8.14. The highest BCUT2D eigenvalue weighted by atomic mass is 32.1. The zero-order valence-electron chi connectivity index (χ0n) is 13.3. The molecule has 0 radical (unpaired) electrons. The Balaban J connectivity index is 2.29. The molecule has 5 nitrogen and oxygen atoms in total. The smallest absolute Gasteiger partial charge is 0.248 e. The SMILES string of the molecule is CCCC1C(=O)NC(C)(C)C(=O)N1Cc1nc(C)c(C)s1. The van der Waals surface area contributed by atoms with E-state index in [1.54, 1.807) is 30.1 Å². The van der Waals surface area contributed by atoms with Gasteiger partial charge >= 0.3 is 0 Å². The molecule has 0 aromatic carbocycles. The summed E-state index contributed by atoms with van der Waals surface area (Å²) in [7, 11) is 0. The second kappa shape index (κ2) is 5.75. The van der Waals surface area contributed by atoms with Crippen LogP contribution in [0.2, 0.25) is 0 Å². The molecule has 1 unspecified atom stereocenters. The third kappa shape index (κ3) is 3.10. The molecule has 2 amide bonds. The van der Waals surface area contributed by atoms with Crippen LogP contribution in [0.25, 0.3) is 0 Å². The van der Waals surface area contributed by atoms with E-state index in [1.165, 1.54) is 0 Å². The minimum absolute atomic E-state index is 0.0361. The Morgan fingerprint density at radius 2 is 2.00 bits per heavy atom. The lowest BCUT2D eigenvalue weighted by atomic mass is 9.95. The molecule has 0 saturated carbocycles. The molecule has 1 atom stereocenters. The Kier molecular flexibility index (Phi) is 4.37. The highest BCUT2D eigenvalue weighted by Crippen LogP contribution is 2.25. The van der Waals surface area contributed by atoms with Crippen molar-refractivity contribution in [2.45, 2.75) is 65.6 Å². The maximum Gasteiger partial charge on any atom is 0.248 e. The number of carbonyl (C=O) groups excluding carboxylic acids is 2. The van der Waals surface area contributed by atoms with E-state index in [0.29, 0.717) is 13.0 Å². The third-order valence-corrected chi connectivity index (χ3v) is 4.91. The predicted octanol–water partition coefficient (Wildman–Crippen LogP) is 2.17. The van der Waals surface area contributed by atoms with Crippen LogP contribution in [0.3, 0.4) is 0 Å². The first kappa shape index (κ1) is 15.9. The summed E-state index contributed by atoms with van der Waals surface area (Å²) in [5.74, 6) is -0.0995. The summed E-state index contributed by atoms with van der Waals surface area (Å²) >= 11 is 1.59. The zero-order valence-corrected chi connectivity index (χ0v) is 14.1. The van der Waals surface area contributed by atoms with Crippen molar-refractivity contribution >= 4 is 23.2 Å². The maximum absolute atomic E-state index is 12.7. The minimum atomic E-state index is -0.845. The van der Waals surface area contributed by atoms with Gasteiger partial charge in [-0.25, -0.2) is 4.98 Å². The molecule has 1 aromatic heterocycles. The van der Waals surface area contributed by atoms with E-state index in [9.17, 15) is 9.59 Å². The number of carbonyl (C=O) groups is 2. The molecule has 1 aromatic rings. The van der Waals surface area contributed by atoms with Crippen LogP contribution in [-0.2, 0) is 16.1 Å². The van der Waals surface area contributed by atoms with Crippen LogP contribution in [0.1, 0.15) is 49.2 Å². The normalized spacial score (nSPS) is 21.6. The molecule has 0 aliphatic carbocycles. The number of amides is 2. The number of nitrogens with one attached hydrogen (secondary N) is 1. The summed E-state index contributed by atoms with van der Waals surface area (Å²) in [6.07, 6.45) is 1.54. The van der Waals surface area contributed by atoms with Crippen LogP contribution in [0.4, 0.5) is 0 Å². The van der Waals surface area contributed by atoms with E-state index < -0.39 is 5.54 Å². The number of piperazine rings is 1. The fraction of sp³-hybridized carbons (Fsp3) is 0.667. The summed E-state index contributed by atoms with van der Waals surface area (Å²) in [5, 5.41) is 3.72. The lowest BCUT2D eigenvalue weighted by molar-refractivity contribution is -0.154. The molecule has 2 rings (SSSR count). The predicted molar refractivity (Wildman–Crippen MR) is 83.1 cm³/mol. The highest BCUT2D eigenvalue weighted by Gasteiger charge is 2.44. The van der Waals surface area contributed by atoms with Crippen molar-refractivity contribution in [1.82, 2.24) is 15.2 Å². The standard InChI is InChI=1S/C15H23N3O2S/c1-6-7-11-13(19)17-15(4,5)14(20)18(11)8-12-16-9(2)10(3)21-12/h11H,6-8H2,1-5H3,(H,17,19). The van der Waals surface area contributed by atoms with Gasteiger partial charge < -0.3 is 10.2 Å². The van der Waals surface area contributed by atoms with Crippen molar-refractivity contribution in [3.05, 3.63) is 15.6 Å². The average Bonchev–Trinajstić information content (AvgIpc) is 2.69. The number of thiazole rings is 1. The summed E-state index contributed by atoms with van der Waals surface area (Å²) in [6, 6.07) is -0.389. The first-order valence-electron chi connectivity index (χ1n) is 7.32. The van der Waals surface area contributed by atoms with E-state index in [2.05, 4.69) is 10.3 Å². The van der Waals surface area contributed by atoms with Crippen molar-refractivity contribution in [3.8, 4) is 0 Å². The van der Waals surface area contributed by atoms with Crippen LogP contribution < -0.4 is 5.32 Å². The van der Waals surface area contributed by atoms with Gasteiger partial charge in [-0.3, -0.25) is 9.59 Å². The number of aromatic nitrogens is 1. The fourth-order valence-electron chi connectivity index (χ4n) is 2.58. The maximum atomic E-state index is 12.7. The van der Waals surface area contributed by atoms with Gasteiger partial charge in [-0.1, -0.05) is 13.3 Å². The number of hydrogen-bond acceptors (Lipinski definition) is 4. The molecule has 6 heteroatoms. The van der Waals surface area contributed by atoms with Crippen LogP contribution in [0.5, 0.6) is 0 Å². The van der Waals surface area contributed by atoms with E-state index in [-0.39, 0.29) is 17.9 Å². The molecular weight excluding hydrogens is 286 g/mol. The topological polar surface area (TPSA) is 62.3 Å². The van der Waals surface area contributed by atoms with Crippen LogP contribution in [0.15, 0.2) is 0 Å². The summed E-state index contributed by atoms with van der Waals surface area (Å²) < 4.78 is 0. The molecular formula is C15H23N3O2S. The van der Waals surface area contributed by atoms with Gasteiger partial charge in [0.05, 0.1) is 12.2 Å². The van der Waals surface area contributed by atoms with Crippen LogP contribution >= 0.6 is 11.3 Å². The number of rotatable bonds is 4. The van der Waals surface area contributed by atoms with Crippen LogP contribution in [-0.4, -0.2) is 33.3 Å². The van der Waals surface area contributed by atoms with Gasteiger partial charge in [-0.05, 0) is 34.1 Å². The summed E-state index contributed by atoms with van der Waals surface area (Å²) in [6.45, 7) is 9.93. The molecule has 0 bridgehead atoms. The first-order chi connectivity index (χ1) is 9.76. The van der Waals surface area contributed by atoms with Gasteiger partial charge in [0.2, 0.25) is 11.8 Å². The minimum Gasteiger partial charge on any atom is -0.340 e. The quantitative estimate of drug-likeness (QED) is 0.927. The average molecular weight is 309 g/mol. The van der Waals surface area contributed by atoms with E-state index in [4.69, 9.17) is 0 Å². The Labute approximate surface area is 129 Å². The Hall–Kier alpha value is -1.43. The van der Waals surface area contributed by atoms with Crippen molar-refractivity contribution in [2.24, 2.45) is 0 Å². The second-order valence-electron chi connectivity index (χ2n) is 6.10. The molecule has 1 N–H and O–H groups in total. The molecule has 1 saturated heterocycles. The number of aryl methyl sites for hydroxylation is 2. The molecule has 1 aliphatic heterocycles. The molecule has 2 heterocycles. The van der Waals surface area contributed by atoms with Gasteiger partial charge in [-0.15, -0.1) is 11.3 Å². The second-order valence-corrected chi connectivity index (χ2v) is 7.39. The number of hydrogen-bond donors (Lipinski definition) is 1. The zero-order chi connectivity index (χ0) is 15.8. The fourth-order valence-corrected chi connectivity index (χ4v) is 3.51. The van der Waals surface area contributed by atoms with Crippen molar-refractivity contribution in [2.75, 3.05) is 0 Å².